The Hall–Kier alpha value is -4.00. The third kappa shape index (κ3) is 5.62. The summed E-state index contributed by atoms with van der Waals surface area (Å²) in [4.78, 5) is 17.6. The number of methoxy groups -OCH3 is 2. The summed E-state index contributed by atoms with van der Waals surface area (Å²) in [5, 5.41) is 2.98. The van der Waals surface area contributed by atoms with E-state index in [0.717, 1.165) is 29.0 Å². The second-order valence-corrected chi connectivity index (χ2v) is 8.65. The van der Waals surface area contributed by atoms with Crippen molar-refractivity contribution in [2.75, 3.05) is 20.8 Å². The number of nitrogens with one attached hydrogen (secondary N) is 1. The maximum atomic E-state index is 12.8. The normalized spacial score (nSPS) is 11.8. The van der Waals surface area contributed by atoms with Gasteiger partial charge in [0.25, 0.3) is 5.91 Å². The number of fused-ring (bicyclic) bond motifs is 1. The number of benzene rings is 3. The quantitative estimate of drug-likeness (QED) is 0.299. The summed E-state index contributed by atoms with van der Waals surface area (Å²) in [7, 11) is 3.11. The van der Waals surface area contributed by atoms with Crippen molar-refractivity contribution in [3.05, 3.63) is 83.7 Å². The Morgan fingerprint density at radius 1 is 1.00 bits per heavy atom. The summed E-state index contributed by atoms with van der Waals surface area (Å²) in [6.07, 6.45) is 1.11. The lowest BCUT2D eigenvalue weighted by Gasteiger charge is -2.13. The maximum absolute atomic E-state index is 12.8. The van der Waals surface area contributed by atoms with Crippen LogP contribution in [0.5, 0.6) is 17.2 Å². The Kier molecular flexibility index (Phi) is 8.10. The number of imidazole rings is 1. The van der Waals surface area contributed by atoms with Gasteiger partial charge in [-0.25, -0.2) is 4.98 Å². The minimum absolute atomic E-state index is 0.216. The summed E-state index contributed by atoms with van der Waals surface area (Å²) in [5.41, 5.74) is 3.69. The smallest absolute Gasteiger partial charge is 0.251 e. The molecule has 0 fully saturated rings. The Morgan fingerprint density at radius 3 is 2.47 bits per heavy atom. The fourth-order valence-electron chi connectivity index (χ4n) is 4.13. The van der Waals surface area contributed by atoms with E-state index in [4.69, 9.17) is 19.2 Å². The van der Waals surface area contributed by atoms with E-state index in [0.29, 0.717) is 36.1 Å². The van der Waals surface area contributed by atoms with Crippen molar-refractivity contribution in [3.63, 3.8) is 0 Å². The molecule has 0 bridgehead atoms. The van der Waals surface area contributed by atoms with Crippen molar-refractivity contribution in [2.24, 2.45) is 0 Å². The number of rotatable bonds is 11. The summed E-state index contributed by atoms with van der Waals surface area (Å²) in [6.45, 7) is 5.80. The maximum Gasteiger partial charge on any atom is 0.251 e. The van der Waals surface area contributed by atoms with E-state index in [1.165, 1.54) is 5.56 Å². The van der Waals surface area contributed by atoms with Crippen LogP contribution in [0.4, 0.5) is 0 Å². The SMILES string of the molecule is CCC(C)c1ccc(OCCn2c(CNC(=O)c3ccc(OC)c(OC)c3)nc3ccccc32)cc1. The van der Waals surface area contributed by atoms with Gasteiger partial charge in [0.05, 0.1) is 38.3 Å². The highest BCUT2D eigenvalue weighted by Crippen LogP contribution is 2.27. The van der Waals surface area contributed by atoms with Gasteiger partial charge in [0.1, 0.15) is 18.2 Å². The number of carbonyl (C=O) groups is 1. The highest BCUT2D eigenvalue weighted by Gasteiger charge is 2.14. The second kappa shape index (κ2) is 11.6. The van der Waals surface area contributed by atoms with Gasteiger partial charge in [0.2, 0.25) is 0 Å². The Bertz CT molecular complexity index is 1310. The lowest BCUT2D eigenvalue weighted by molar-refractivity contribution is 0.0949. The highest BCUT2D eigenvalue weighted by atomic mass is 16.5. The molecule has 4 aromatic rings. The van der Waals surface area contributed by atoms with Crippen LogP contribution in [0.3, 0.4) is 0 Å². The molecule has 0 saturated heterocycles. The van der Waals surface area contributed by atoms with Gasteiger partial charge in [-0.3, -0.25) is 4.79 Å². The van der Waals surface area contributed by atoms with Gasteiger partial charge in [-0.05, 0) is 60.4 Å². The monoisotopic (exact) mass is 487 g/mol. The van der Waals surface area contributed by atoms with Gasteiger partial charge in [-0.15, -0.1) is 0 Å². The summed E-state index contributed by atoms with van der Waals surface area (Å²) < 4.78 is 18.7. The molecule has 1 aromatic heterocycles. The Labute approximate surface area is 212 Å². The minimum atomic E-state index is -0.216. The number of hydrogen-bond acceptors (Lipinski definition) is 5. The highest BCUT2D eigenvalue weighted by molar-refractivity contribution is 5.94. The Morgan fingerprint density at radius 2 is 1.75 bits per heavy atom. The van der Waals surface area contributed by atoms with Crippen LogP contribution in [-0.4, -0.2) is 36.3 Å². The number of aromatic nitrogens is 2. The molecule has 0 aliphatic heterocycles. The molecule has 188 valence electrons. The van der Waals surface area contributed by atoms with E-state index in [2.05, 4.69) is 35.9 Å². The first-order chi connectivity index (χ1) is 17.5. The van der Waals surface area contributed by atoms with Crippen molar-refractivity contribution in [1.82, 2.24) is 14.9 Å². The largest absolute Gasteiger partial charge is 0.493 e. The standard InChI is InChI=1S/C29H33N3O4/c1-5-20(2)21-10-13-23(14-11-21)36-17-16-32-25-9-7-6-8-24(25)31-28(32)19-30-29(33)22-12-15-26(34-3)27(18-22)35-4/h6-15,18,20H,5,16-17,19H2,1-4H3,(H,30,33). The lowest BCUT2D eigenvalue weighted by atomic mass is 9.99. The van der Waals surface area contributed by atoms with E-state index >= 15 is 0 Å². The molecule has 1 heterocycles. The second-order valence-electron chi connectivity index (χ2n) is 8.65. The first-order valence-electron chi connectivity index (χ1n) is 12.2. The number of carbonyl (C=O) groups excluding carboxylic acids is 1. The fourth-order valence-corrected chi connectivity index (χ4v) is 4.13. The third-order valence-corrected chi connectivity index (χ3v) is 6.43. The molecule has 7 nitrogen and oxygen atoms in total. The first-order valence-corrected chi connectivity index (χ1v) is 12.2. The number of para-hydroxylation sites is 2. The van der Waals surface area contributed by atoms with Crippen LogP contribution >= 0.6 is 0 Å². The van der Waals surface area contributed by atoms with Gasteiger partial charge >= 0.3 is 0 Å². The predicted molar refractivity (Wildman–Crippen MR) is 141 cm³/mol. The zero-order chi connectivity index (χ0) is 25.5. The van der Waals surface area contributed by atoms with Crippen molar-refractivity contribution in [2.45, 2.75) is 39.3 Å². The topological polar surface area (TPSA) is 74.6 Å². The van der Waals surface area contributed by atoms with Crippen LogP contribution in [0.1, 0.15) is 47.9 Å². The molecule has 3 aromatic carbocycles. The predicted octanol–water partition coefficient (Wildman–Crippen LogP) is 5.58. The van der Waals surface area contributed by atoms with E-state index in [-0.39, 0.29) is 12.5 Å². The van der Waals surface area contributed by atoms with Crippen LogP contribution in [0.15, 0.2) is 66.7 Å². The van der Waals surface area contributed by atoms with E-state index in [1.807, 2.05) is 36.4 Å². The number of nitrogens with zero attached hydrogens (tertiary/aromatic N) is 2. The molecule has 0 radical (unpaired) electrons. The molecule has 7 heteroatoms. The lowest BCUT2D eigenvalue weighted by Crippen LogP contribution is -2.25. The summed E-state index contributed by atoms with van der Waals surface area (Å²) >= 11 is 0. The first kappa shape index (κ1) is 25.1. The van der Waals surface area contributed by atoms with Gasteiger partial charge in [0.15, 0.2) is 11.5 Å². The van der Waals surface area contributed by atoms with Gasteiger partial charge in [-0.1, -0.05) is 38.1 Å². The molecule has 36 heavy (non-hydrogen) atoms. The fraction of sp³-hybridized carbons (Fsp3) is 0.310. The van der Waals surface area contributed by atoms with Gasteiger partial charge in [0, 0.05) is 5.56 Å². The molecule has 1 amide bonds. The number of amides is 1. The molecule has 0 aliphatic rings. The van der Waals surface area contributed by atoms with Crippen LogP contribution in [0, 0.1) is 0 Å². The van der Waals surface area contributed by atoms with Crippen molar-refractivity contribution >= 4 is 16.9 Å². The number of ether oxygens (including phenoxy) is 3. The molecule has 0 saturated carbocycles. The van der Waals surface area contributed by atoms with Crippen LogP contribution in [-0.2, 0) is 13.1 Å². The van der Waals surface area contributed by atoms with Crippen molar-refractivity contribution in [1.29, 1.82) is 0 Å². The van der Waals surface area contributed by atoms with E-state index in [9.17, 15) is 4.79 Å². The van der Waals surface area contributed by atoms with Crippen LogP contribution in [0.2, 0.25) is 0 Å². The van der Waals surface area contributed by atoms with E-state index in [1.54, 1.807) is 32.4 Å². The zero-order valence-electron chi connectivity index (χ0n) is 21.3. The third-order valence-electron chi connectivity index (χ3n) is 6.43. The average molecular weight is 488 g/mol. The molecule has 1 atom stereocenters. The van der Waals surface area contributed by atoms with Crippen molar-refractivity contribution in [3.8, 4) is 17.2 Å². The minimum Gasteiger partial charge on any atom is -0.493 e. The number of hydrogen-bond donors (Lipinski definition) is 1. The molecule has 1 unspecified atom stereocenters. The van der Waals surface area contributed by atoms with E-state index < -0.39 is 0 Å². The molecule has 1 N–H and O–H groups in total. The molecule has 4 rings (SSSR count). The van der Waals surface area contributed by atoms with Crippen molar-refractivity contribution < 1.29 is 19.0 Å². The van der Waals surface area contributed by atoms with Gasteiger partial charge < -0.3 is 24.1 Å². The molecule has 0 aliphatic carbocycles. The summed E-state index contributed by atoms with van der Waals surface area (Å²) in [6, 6.07) is 21.4. The molecule has 0 spiro atoms. The summed E-state index contributed by atoms with van der Waals surface area (Å²) in [5.74, 6) is 3.01. The average Bonchev–Trinajstić information content (AvgIpc) is 3.28. The Balaban J connectivity index is 1.44. The van der Waals surface area contributed by atoms with Crippen LogP contribution in [0.25, 0.3) is 11.0 Å². The molecular weight excluding hydrogens is 454 g/mol. The van der Waals surface area contributed by atoms with Gasteiger partial charge in [-0.2, -0.15) is 0 Å². The molecular formula is C29H33N3O4. The zero-order valence-corrected chi connectivity index (χ0v) is 21.3. The van der Waals surface area contributed by atoms with Crippen LogP contribution < -0.4 is 19.5 Å².